The summed E-state index contributed by atoms with van der Waals surface area (Å²) in [5.41, 5.74) is 6.77. The molecule has 1 saturated heterocycles. The highest BCUT2D eigenvalue weighted by Crippen LogP contribution is 2.56. The number of carbonyl (C=O) groups is 1. The first-order valence-corrected chi connectivity index (χ1v) is 14.0. The van der Waals surface area contributed by atoms with Gasteiger partial charge in [-0.2, -0.15) is 0 Å². The fourth-order valence-electron chi connectivity index (χ4n) is 6.15. The summed E-state index contributed by atoms with van der Waals surface area (Å²) in [6.45, 7) is 3.83. The molecule has 7 nitrogen and oxygen atoms in total. The van der Waals surface area contributed by atoms with Crippen molar-refractivity contribution >= 4 is 51.3 Å². The molecule has 7 rings (SSSR count). The first-order chi connectivity index (χ1) is 18.8. The van der Waals surface area contributed by atoms with E-state index in [9.17, 15) is 9.90 Å². The molecule has 3 aromatic heterocycles. The zero-order chi connectivity index (χ0) is 26.9. The number of halogens is 2. The number of hydrogen-bond donors (Lipinski definition) is 1. The highest BCUT2D eigenvalue weighted by atomic mass is 35.5. The van der Waals surface area contributed by atoms with Crippen LogP contribution in [0.5, 0.6) is 0 Å². The van der Waals surface area contributed by atoms with Gasteiger partial charge in [0.2, 0.25) is 0 Å². The number of piperidine rings is 1. The van der Waals surface area contributed by atoms with Gasteiger partial charge in [0.1, 0.15) is 17.1 Å². The molecular formula is C30H26Cl2N4O3. The fraction of sp³-hybridized carbons (Fsp3) is 0.333. The van der Waals surface area contributed by atoms with Gasteiger partial charge in [0, 0.05) is 53.6 Å². The highest BCUT2D eigenvalue weighted by molar-refractivity contribution is 6.39. The van der Waals surface area contributed by atoms with Crippen molar-refractivity contribution in [2.75, 3.05) is 18.0 Å². The number of rotatable bonds is 5. The molecule has 4 aromatic rings. The molecule has 1 spiro atoms. The van der Waals surface area contributed by atoms with Crippen LogP contribution in [0.3, 0.4) is 0 Å². The zero-order valence-corrected chi connectivity index (χ0v) is 22.9. The normalized spacial score (nSPS) is 18.3. The lowest BCUT2D eigenvalue weighted by atomic mass is 9.63. The van der Waals surface area contributed by atoms with E-state index in [1.807, 2.05) is 19.1 Å². The maximum Gasteiger partial charge on any atom is 0.354 e. The van der Waals surface area contributed by atoms with Crippen molar-refractivity contribution in [3.05, 3.63) is 75.4 Å². The molecule has 0 radical (unpaired) electrons. The summed E-state index contributed by atoms with van der Waals surface area (Å²) < 4.78 is 5.88. The van der Waals surface area contributed by atoms with E-state index in [2.05, 4.69) is 32.2 Å². The number of aryl methyl sites for hydroxylation is 1. The van der Waals surface area contributed by atoms with Crippen molar-refractivity contribution in [3.63, 3.8) is 0 Å². The van der Waals surface area contributed by atoms with E-state index in [0.717, 1.165) is 78.8 Å². The summed E-state index contributed by atoms with van der Waals surface area (Å²) in [5, 5.41) is 15.7. The molecule has 39 heavy (non-hydrogen) atoms. The van der Waals surface area contributed by atoms with Gasteiger partial charge >= 0.3 is 5.97 Å². The minimum Gasteiger partial charge on any atom is -0.477 e. The predicted octanol–water partition coefficient (Wildman–Crippen LogP) is 7.55. The van der Waals surface area contributed by atoms with Crippen molar-refractivity contribution in [1.82, 2.24) is 15.1 Å². The van der Waals surface area contributed by atoms with Crippen LogP contribution in [0.15, 0.2) is 47.3 Å². The van der Waals surface area contributed by atoms with Gasteiger partial charge in [-0.3, -0.25) is 4.98 Å². The maximum atomic E-state index is 11.4. The summed E-state index contributed by atoms with van der Waals surface area (Å²) in [6.07, 6.45) is 10.9. The third-order valence-corrected chi connectivity index (χ3v) is 9.02. The third kappa shape index (κ3) is 4.19. The Balaban J connectivity index is 1.14. The van der Waals surface area contributed by atoms with E-state index in [-0.39, 0.29) is 11.1 Å². The molecule has 1 N–H and O–H groups in total. The van der Waals surface area contributed by atoms with Crippen molar-refractivity contribution in [2.45, 2.75) is 44.9 Å². The molecule has 1 aliphatic heterocycles. The Morgan fingerprint density at radius 2 is 1.82 bits per heavy atom. The molecular weight excluding hydrogens is 535 g/mol. The van der Waals surface area contributed by atoms with E-state index < -0.39 is 5.97 Å². The second-order valence-electron chi connectivity index (χ2n) is 11.0. The molecule has 1 aromatic carbocycles. The first kappa shape index (κ1) is 24.6. The molecule has 1 saturated carbocycles. The number of benzene rings is 1. The lowest BCUT2D eigenvalue weighted by Gasteiger charge is -2.47. The lowest BCUT2D eigenvalue weighted by Crippen LogP contribution is -2.42. The molecule has 4 heterocycles. The van der Waals surface area contributed by atoms with Crippen LogP contribution >= 0.6 is 23.2 Å². The van der Waals surface area contributed by atoms with Crippen molar-refractivity contribution < 1.29 is 14.4 Å². The minimum atomic E-state index is -1.01. The van der Waals surface area contributed by atoms with E-state index >= 15 is 0 Å². The molecule has 9 heteroatoms. The Morgan fingerprint density at radius 3 is 2.49 bits per heavy atom. The SMILES string of the molecule is Cc1cc(C(=O)O)nc2ccc(N3CCC4(C=C(c5c(-c6c(Cl)cncc6Cl)noc5C5CC5)C4)CC3)cc12. The fourth-order valence-corrected chi connectivity index (χ4v) is 6.69. The smallest absolute Gasteiger partial charge is 0.354 e. The number of fused-ring (bicyclic) bond motifs is 1. The molecule has 0 bridgehead atoms. The topological polar surface area (TPSA) is 92.3 Å². The van der Waals surface area contributed by atoms with Crippen LogP contribution in [-0.2, 0) is 0 Å². The van der Waals surface area contributed by atoms with E-state index in [1.165, 1.54) is 5.57 Å². The summed E-state index contributed by atoms with van der Waals surface area (Å²) in [7, 11) is 0. The second kappa shape index (κ2) is 9.07. The predicted molar refractivity (Wildman–Crippen MR) is 152 cm³/mol. The monoisotopic (exact) mass is 560 g/mol. The molecule has 2 aliphatic carbocycles. The summed E-state index contributed by atoms with van der Waals surface area (Å²) in [4.78, 5) is 22.2. The summed E-state index contributed by atoms with van der Waals surface area (Å²) in [5.74, 6) is 0.365. The van der Waals surface area contributed by atoms with Gasteiger partial charge in [0.05, 0.1) is 15.6 Å². The molecule has 0 unspecified atom stereocenters. The average Bonchev–Trinajstić information content (AvgIpc) is 3.66. The largest absolute Gasteiger partial charge is 0.477 e. The van der Waals surface area contributed by atoms with Crippen LogP contribution in [0.1, 0.15) is 65.4 Å². The van der Waals surface area contributed by atoms with Crippen molar-refractivity contribution in [3.8, 4) is 11.3 Å². The number of anilines is 1. The van der Waals surface area contributed by atoms with Crippen molar-refractivity contribution in [2.24, 2.45) is 5.41 Å². The van der Waals surface area contributed by atoms with Gasteiger partial charge in [-0.25, -0.2) is 9.78 Å². The molecule has 0 atom stereocenters. The van der Waals surface area contributed by atoms with Crippen LogP contribution < -0.4 is 4.90 Å². The lowest BCUT2D eigenvalue weighted by molar-refractivity contribution is 0.0691. The van der Waals surface area contributed by atoms with Gasteiger partial charge in [-0.1, -0.05) is 34.4 Å². The Bertz CT molecular complexity index is 1660. The van der Waals surface area contributed by atoms with Gasteiger partial charge in [0.25, 0.3) is 0 Å². The third-order valence-electron chi connectivity index (χ3n) is 8.44. The number of carboxylic acids is 1. The number of aromatic nitrogens is 3. The number of hydrogen-bond acceptors (Lipinski definition) is 6. The summed E-state index contributed by atoms with van der Waals surface area (Å²) in [6, 6.07) is 7.75. The number of carboxylic acid groups (broad SMARTS) is 1. The van der Waals surface area contributed by atoms with Crippen LogP contribution in [0.2, 0.25) is 10.0 Å². The number of nitrogens with zero attached hydrogens (tertiary/aromatic N) is 4. The highest BCUT2D eigenvalue weighted by Gasteiger charge is 2.44. The summed E-state index contributed by atoms with van der Waals surface area (Å²) >= 11 is 13.0. The average molecular weight is 561 g/mol. The van der Waals surface area contributed by atoms with Gasteiger partial charge in [0.15, 0.2) is 0 Å². The standard InChI is InChI=1S/C30H26Cl2N4O3/c1-16-10-24(29(37)38)34-23-5-4-19(11-20(16)23)36-8-6-30(7-9-36)12-18(13-30)25-27(35-39-28(25)17-2-3-17)26-21(31)14-33-15-22(26)32/h4-5,10-12,14-15,17H,2-3,6-9,13H2,1H3,(H,37,38). The second-order valence-corrected chi connectivity index (χ2v) is 11.9. The Kier molecular flexibility index (Phi) is 5.72. The molecule has 198 valence electrons. The Morgan fingerprint density at radius 1 is 1.10 bits per heavy atom. The van der Waals surface area contributed by atoms with Crippen LogP contribution in [0.4, 0.5) is 5.69 Å². The van der Waals surface area contributed by atoms with E-state index in [4.69, 9.17) is 27.7 Å². The van der Waals surface area contributed by atoms with Gasteiger partial charge < -0.3 is 14.5 Å². The molecule has 2 fully saturated rings. The quantitative estimate of drug-likeness (QED) is 0.269. The molecule has 3 aliphatic rings. The minimum absolute atomic E-state index is 0.0783. The maximum absolute atomic E-state index is 11.4. The van der Waals surface area contributed by atoms with Crippen LogP contribution in [0, 0.1) is 12.3 Å². The van der Waals surface area contributed by atoms with Gasteiger partial charge in [-0.05, 0) is 79.8 Å². The van der Waals surface area contributed by atoms with Crippen molar-refractivity contribution in [1.29, 1.82) is 0 Å². The molecule has 0 amide bonds. The van der Waals surface area contributed by atoms with E-state index in [0.29, 0.717) is 27.0 Å². The van der Waals surface area contributed by atoms with E-state index in [1.54, 1.807) is 18.5 Å². The number of aromatic carboxylic acids is 1. The number of allylic oxidation sites excluding steroid dienone is 2. The van der Waals surface area contributed by atoms with Gasteiger partial charge in [-0.15, -0.1) is 0 Å². The number of pyridine rings is 2. The zero-order valence-electron chi connectivity index (χ0n) is 21.4. The Hall–Kier alpha value is -3.42. The Labute approximate surface area is 235 Å². The first-order valence-electron chi connectivity index (χ1n) is 13.2. The van der Waals surface area contributed by atoms with Crippen LogP contribution in [0.25, 0.3) is 27.7 Å². The van der Waals surface area contributed by atoms with Crippen LogP contribution in [-0.4, -0.2) is 39.3 Å².